The van der Waals surface area contributed by atoms with Gasteiger partial charge >= 0.3 is 0 Å². The van der Waals surface area contributed by atoms with Crippen molar-refractivity contribution in [3.8, 4) is 0 Å². The van der Waals surface area contributed by atoms with Crippen LogP contribution < -0.4 is 5.32 Å². The predicted molar refractivity (Wildman–Crippen MR) is 57.5 cm³/mol. The highest BCUT2D eigenvalue weighted by Crippen LogP contribution is 1.92. The Labute approximate surface area is 83.2 Å². The van der Waals surface area contributed by atoms with Crippen LogP contribution in [0.25, 0.3) is 0 Å². The summed E-state index contributed by atoms with van der Waals surface area (Å²) >= 11 is 2.41. The third-order valence-corrected chi connectivity index (χ3v) is 2.20. The summed E-state index contributed by atoms with van der Waals surface area (Å²) in [5.41, 5.74) is 0. The van der Waals surface area contributed by atoms with Gasteiger partial charge in [0.2, 0.25) is 0 Å². The predicted octanol–water partition coefficient (Wildman–Crippen LogP) is 1.83. The zero-order chi connectivity index (χ0) is 8.36. The molecule has 3 heteroatoms. The Hall–Kier alpha value is 0.650. The number of rotatable bonds is 8. The lowest BCUT2D eigenvalue weighted by molar-refractivity contribution is 0.194. The van der Waals surface area contributed by atoms with E-state index in [0.717, 1.165) is 26.1 Å². The van der Waals surface area contributed by atoms with E-state index >= 15 is 0 Å². The lowest BCUT2D eigenvalue weighted by Crippen LogP contribution is -2.17. The largest absolute Gasteiger partial charge is 0.385 e. The van der Waals surface area contributed by atoms with Gasteiger partial charge in [0.25, 0.3) is 0 Å². The van der Waals surface area contributed by atoms with E-state index < -0.39 is 0 Å². The Morgan fingerprint density at radius 2 is 1.91 bits per heavy atom. The van der Waals surface area contributed by atoms with Crippen molar-refractivity contribution in [2.75, 3.05) is 31.2 Å². The highest BCUT2D eigenvalue weighted by molar-refractivity contribution is 14.1. The molecule has 0 bridgehead atoms. The Morgan fingerprint density at radius 3 is 2.55 bits per heavy atom. The van der Waals surface area contributed by atoms with Crippen molar-refractivity contribution in [2.45, 2.75) is 19.3 Å². The molecule has 68 valence electrons. The van der Waals surface area contributed by atoms with Crippen LogP contribution >= 0.6 is 22.6 Å². The normalized spacial score (nSPS) is 10.4. The maximum atomic E-state index is 4.93. The number of halogens is 1. The lowest BCUT2D eigenvalue weighted by Gasteiger charge is -2.02. The van der Waals surface area contributed by atoms with Crippen LogP contribution in [0.2, 0.25) is 0 Å². The van der Waals surface area contributed by atoms with Crippen molar-refractivity contribution < 1.29 is 4.74 Å². The molecule has 2 nitrogen and oxygen atoms in total. The van der Waals surface area contributed by atoms with Crippen molar-refractivity contribution in [1.29, 1.82) is 0 Å². The van der Waals surface area contributed by atoms with Crippen molar-refractivity contribution >= 4 is 22.6 Å². The highest BCUT2D eigenvalue weighted by Gasteiger charge is 1.87. The summed E-state index contributed by atoms with van der Waals surface area (Å²) in [5.74, 6) is 0. The average molecular weight is 271 g/mol. The third kappa shape index (κ3) is 10.7. The maximum Gasteiger partial charge on any atom is 0.0474 e. The Morgan fingerprint density at radius 1 is 1.18 bits per heavy atom. The molecule has 0 radical (unpaired) electrons. The molecule has 0 atom stereocenters. The molecule has 0 fully saturated rings. The van der Waals surface area contributed by atoms with E-state index in [-0.39, 0.29) is 0 Å². The molecule has 0 aromatic carbocycles. The zero-order valence-electron chi connectivity index (χ0n) is 7.24. The summed E-state index contributed by atoms with van der Waals surface area (Å²) in [6, 6.07) is 0. The van der Waals surface area contributed by atoms with Gasteiger partial charge in [-0.15, -0.1) is 0 Å². The molecule has 11 heavy (non-hydrogen) atoms. The van der Waals surface area contributed by atoms with Gasteiger partial charge in [-0.1, -0.05) is 22.6 Å². The molecule has 0 aromatic rings. The van der Waals surface area contributed by atoms with Gasteiger partial charge in [-0.05, 0) is 36.8 Å². The highest BCUT2D eigenvalue weighted by atomic mass is 127. The first kappa shape index (κ1) is 11.6. The van der Waals surface area contributed by atoms with Crippen molar-refractivity contribution in [2.24, 2.45) is 0 Å². The van der Waals surface area contributed by atoms with Crippen LogP contribution in [0.5, 0.6) is 0 Å². The third-order valence-electron chi connectivity index (χ3n) is 1.44. The van der Waals surface area contributed by atoms with Gasteiger partial charge in [0.05, 0.1) is 0 Å². The first-order valence-corrected chi connectivity index (χ1v) is 5.70. The van der Waals surface area contributed by atoms with E-state index in [9.17, 15) is 0 Å². The second-order valence-electron chi connectivity index (χ2n) is 2.49. The molecule has 0 amide bonds. The SMILES string of the molecule is COCCCNCCCCI. The van der Waals surface area contributed by atoms with Crippen molar-refractivity contribution in [3.63, 3.8) is 0 Å². The van der Waals surface area contributed by atoms with Crippen LogP contribution in [0, 0.1) is 0 Å². The van der Waals surface area contributed by atoms with Gasteiger partial charge in [-0.3, -0.25) is 0 Å². The molecule has 0 saturated carbocycles. The van der Waals surface area contributed by atoms with E-state index in [1.165, 1.54) is 17.3 Å². The molecular weight excluding hydrogens is 253 g/mol. The molecule has 0 rings (SSSR count). The van der Waals surface area contributed by atoms with E-state index in [1.54, 1.807) is 7.11 Å². The van der Waals surface area contributed by atoms with E-state index in [4.69, 9.17) is 4.74 Å². The molecule has 0 aliphatic heterocycles. The number of nitrogens with one attached hydrogen (secondary N) is 1. The number of methoxy groups -OCH3 is 1. The minimum absolute atomic E-state index is 0.874. The van der Waals surface area contributed by atoms with Gasteiger partial charge in [0, 0.05) is 13.7 Å². The molecule has 0 aliphatic carbocycles. The maximum absolute atomic E-state index is 4.93. The lowest BCUT2D eigenvalue weighted by atomic mass is 10.3. The Balaban J connectivity index is 2.69. The molecular formula is C8H18INO. The standard InChI is InChI=1S/C8H18INO/c1-11-8-4-7-10-6-3-2-5-9/h10H,2-8H2,1H3. The average Bonchev–Trinajstić information content (AvgIpc) is 2.03. The van der Waals surface area contributed by atoms with Crippen LogP contribution in [0.15, 0.2) is 0 Å². The quantitative estimate of drug-likeness (QED) is 0.413. The molecule has 1 N–H and O–H groups in total. The first-order valence-electron chi connectivity index (χ1n) is 4.17. The number of alkyl halides is 1. The summed E-state index contributed by atoms with van der Waals surface area (Å²) in [4.78, 5) is 0. The summed E-state index contributed by atoms with van der Waals surface area (Å²) in [7, 11) is 1.75. The fraction of sp³-hybridized carbons (Fsp3) is 1.00. The minimum Gasteiger partial charge on any atom is -0.385 e. The molecule has 0 heterocycles. The summed E-state index contributed by atoms with van der Waals surface area (Å²) < 4.78 is 6.20. The summed E-state index contributed by atoms with van der Waals surface area (Å²) in [5, 5.41) is 3.37. The Bertz CT molecular complexity index is 63.1. The second-order valence-corrected chi connectivity index (χ2v) is 3.57. The number of hydrogen-bond acceptors (Lipinski definition) is 2. The Kier molecular flexibility index (Phi) is 11.3. The van der Waals surface area contributed by atoms with Crippen LogP contribution in [0.4, 0.5) is 0 Å². The molecule has 0 unspecified atom stereocenters. The zero-order valence-corrected chi connectivity index (χ0v) is 9.39. The van der Waals surface area contributed by atoms with E-state index in [2.05, 4.69) is 27.9 Å². The number of ether oxygens (including phenoxy) is 1. The van der Waals surface area contributed by atoms with Crippen LogP contribution in [-0.4, -0.2) is 31.2 Å². The van der Waals surface area contributed by atoms with Crippen LogP contribution in [-0.2, 0) is 4.74 Å². The van der Waals surface area contributed by atoms with Crippen molar-refractivity contribution in [3.05, 3.63) is 0 Å². The van der Waals surface area contributed by atoms with Gasteiger partial charge in [0.15, 0.2) is 0 Å². The second kappa shape index (κ2) is 10.7. The van der Waals surface area contributed by atoms with Crippen molar-refractivity contribution in [1.82, 2.24) is 5.32 Å². The molecule has 0 aliphatic rings. The molecule has 0 saturated heterocycles. The fourth-order valence-corrected chi connectivity index (χ4v) is 1.35. The van der Waals surface area contributed by atoms with E-state index in [1.807, 2.05) is 0 Å². The molecule has 0 aromatic heterocycles. The summed E-state index contributed by atoms with van der Waals surface area (Å²) in [6.07, 6.45) is 3.76. The minimum atomic E-state index is 0.874. The van der Waals surface area contributed by atoms with Gasteiger partial charge < -0.3 is 10.1 Å². The fourth-order valence-electron chi connectivity index (χ4n) is 0.811. The first-order chi connectivity index (χ1) is 5.41. The smallest absolute Gasteiger partial charge is 0.0474 e. The van der Waals surface area contributed by atoms with Gasteiger partial charge in [-0.25, -0.2) is 0 Å². The topological polar surface area (TPSA) is 21.3 Å². The monoisotopic (exact) mass is 271 g/mol. The summed E-state index contributed by atoms with van der Waals surface area (Å²) in [6.45, 7) is 3.13. The van der Waals surface area contributed by atoms with Crippen LogP contribution in [0.3, 0.4) is 0 Å². The molecule has 0 spiro atoms. The number of hydrogen-bond donors (Lipinski definition) is 1. The van der Waals surface area contributed by atoms with E-state index in [0.29, 0.717) is 0 Å². The van der Waals surface area contributed by atoms with Crippen LogP contribution in [0.1, 0.15) is 19.3 Å². The van der Waals surface area contributed by atoms with Gasteiger partial charge in [0.1, 0.15) is 0 Å². The number of unbranched alkanes of at least 4 members (excludes halogenated alkanes) is 1. The van der Waals surface area contributed by atoms with Gasteiger partial charge in [-0.2, -0.15) is 0 Å².